The number of amides is 2. The summed E-state index contributed by atoms with van der Waals surface area (Å²) in [6, 6.07) is 12.6. The molecule has 2 aromatic carbocycles. The van der Waals surface area contributed by atoms with Crippen LogP contribution < -0.4 is 10.6 Å². The summed E-state index contributed by atoms with van der Waals surface area (Å²) in [7, 11) is -3.80. The van der Waals surface area contributed by atoms with Gasteiger partial charge in [-0.15, -0.1) is 0 Å². The summed E-state index contributed by atoms with van der Waals surface area (Å²) in [5, 5.41) is 14.0. The van der Waals surface area contributed by atoms with E-state index in [2.05, 4.69) is 10.6 Å². The van der Waals surface area contributed by atoms with Crippen LogP contribution in [0.15, 0.2) is 53.4 Å². The van der Waals surface area contributed by atoms with E-state index in [9.17, 15) is 22.4 Å². The topological polar surface area (TPSA) is 119 Å². The van der Waals surface area contributed by atoms with Gasteiger partial charge in [0.15, 0.2) is 0 Å². The molecule has 0 unspecified atom stereocenters. The molecule has 3 rings (SSSR count). The fourth-order valence-electron chi connectivity index (χ4n) is 3.62. The van der Waals surface area contributed by atoms with Crippen LogP contribution in [0.25, 0.3) is 0 Å². The number of halogens is 1. The van der Waals surface area contributed by atoms with E-state index in [1.165, 1.54) is 28.6 Å². The number of benzene rings is 2. The standard InChI is InChI=1S/C22H23FN4O4S/c23-17-8-10-19(11-9-17)32(30,31)27-14-4-3-6-18(27)12-13-25-21(28)22(29)26-20-7-2-1-5-16(20)15-24/h1-2,5,7-11,18H,3-4,6,12-14H2,(H,25,28)(H,26,29)/t18-/m0/s1. The minimum Gasteiger partial charge on any atom is -0.348 e. The minimum absolute atomic E-state index is 0.0189. The number of piperidine rings is 1. The fraction of sp³-hybridized carbons (Fsp3) is 0.318. The van der Waals surface area contributed by atoms with Gasteiger partial charge < -0.3 is 10.6 Å². The molecule has 0 saturated carbocycles. The Morgan fingerprint density at radius 3 is 2.53 bits per heavy atom. The van der Waals surface area contributed by atoms with Crippen molar-refractivity contribution >= 4 is 27.5 Å². The highest BCUT2D eigenvalue weighted by molar-refractivity contribution is 7.89. The minimum atomic E-state index is -3.80. The highest BCUT2D eigenvalue weighted by atomic mass is 32.2. The lowest BCUT2D eigenvalue weighted by Crippen LogP contribution is -2.45. The second-order valence-electron chi connectivity index (χ2n) is 7.38. The molecule has 1 saturated heterocycles. The van der Waals surface area contributed by atoms with Crippen LogP contribution in [0.4, 0.5) is 10.1 Å². The van der Waals surface area contributed by atoms with Crippen molar-refractivity contribution in [1.29, 1.82) is 5.26 Å². The zero-order chi connectivity index (χ0) is 23.1. The lowest BCUT2D eigenvalue weighted by Gasteiger charge is -2.34. The Labute approximate surface area is 186 Å². The van der Waals surface area contributed by atoms with Gasteiger partial charge in [0.25, 0.3) is 0 Å². The molecule has 1 fully saturated rings. The van der Waals surface area contributed by atoms with Gasteiger partial charge >= 0.3 is 11.8 Å². The fourth-order valence-corrected chi connectivity index (χ4v) is 5.35. The first-order chi connectivity index (χ1) is 15.3. The van der Waals surface area contributed by atoms with E-state index in [0.29, 0.717) is 25.8 Å². The van der Waals surface area contributed by atoms with Crippen molar-refractivity contribution in [2.75, 3.05) is 18.4 Å². The first-order valence-electron chi connectivity index (χ1n) is 10.2. The first kappa shape index (κ1) is 23.4. The van der Waals surface area contributed by atoms with Gasteiger partial charge in [-0.2, -0.15) is 9.57 Å². The van der Waals surface area contributed by atoms with Gasteiger partial charge in [-0.05, 0) is 55.7 Å². The Kier molecular flexibility index (Phi) is 7.56. The number of hydrogen-bond acceptors (Lipinski definition) is 5. The van der Waals surface area contributed by atoms with E-state index < -0.39 is 27.7 Å². The lowest BCUT2D eigenvalue weighted by molar-refractivity contribution is -0.136. The molecule has 0 spiro atoms. The Bertz CT molecular complexity index is 1130. The summed E-state index contributed by atoms with van der Waals surface area (Å²) in [6.07, 6.45) is 2.51. The quantitative estimate of drug-likeness (QED) is 0.644. The summed E-state index contributed by atoms with van der Waals surface area (Å²) in [4.78, 5) is 24.3. The molecule has 2 aromatic rings. The molecule has 0 aromatic heterocycles. The predicted octanol–water partition coefficient (Wildman–Crippen LogP) is 2.39. The number of sulfonamides is 1. The van der Waals surface area contributed by atoms with Gasteiger partial charge in [0, 0.05) is 19.1 Å². The van der Waals surface area contributed by atoms with Crippen LogP contribution in [-0.4, -0.2) is 43.7 Å². The van der Waals surface area contributed by atoms with Crippen LogP contribution in [0.1, 0.15) is 31.2 Å². The van der Waals surface area contributed by atoms with Crippen molar-refractivity contribution in [3.05, 3.63) is 59.9 Å². The molecule has 1 heterocycles. The highest BCUT2D eigenvalue weighted by Crippen LogP contribution is 2.27. The van der Waals surface area contributed by atoms with Gasteiger partial charge in [-0.1, -0.05) is 18.6 Å². The third kappa shape index (κ3) is 5.49. The zero-order valence-electron chi connectivity index (χ0n) is 17.3. The molecule has 1 aliphatic rings. The molecular weight excluding hydrogens is 435 g/mol. The van der Waals surface area contributed by atoms with Crippen LogP contribution in [0.3, 0.4) is 0 Å². The zero-order valence-corrected chi connectivity index (χ0v) is 18.1. The Morgan fingerprint density at radius 1 is 1.09 bits per heavy atom. The highest BCUT2D eigenvalue weighted by Gasteiger charge is 2.33. The maximum atomic E-state index is 13.2. The number of carbonyl (C=O) groups excluding carboxylic acids is 2. The smallest absolute Gasteiger partial charge is 0.313 e. The van der Waals surface area contributed by atoms with Crippen molar-refractivity contribution in [2.24, 2.45) is 0 Å². The molecule has 8 nitrogen and oxygen atoms in total. The van der Waals surface area contributed by atoms with E-state index in [4.69, 9.17) is 5.26 Å². The molecule has 2 amide bonds. The van der Waals surface area contributed by atoms with Crippen LogP contribution in [0.5, 0.6) is 0 Å². The monoisotopic (exact) mass is 458 g/mol. The van der Waals surface area contributed by atoms with Crippen LogP contribution in [0.2, 0.25) is 0 Å². The average molecular weight is 459 g/mol. The number of nitriles is 1. The molecule has 168 valence electrons. The van der Waals surface area contributed by atoms with Gasteiger partial charge in [-0.3, -0.25) is 9.59 Å². The number of para-hydroxylation sites is 1. The largest absolute Gasteiger partial charge is 0.348 e. The number of nitrogens with one attached hydrogen (secondary N) is 2. The molecule has 0 bridgehead atoms. The lowest BCUT2D eigenvalue weighted by atomic mass is 10.0. The SMILES string of the molecule is N#Cc1ccccc1NC(=O)C(=O)NCC[C@@H]1CCCCN1S(=O)(=O)c1ccc(F)cc1. The number of anilines is 1. The molecule has 10 heteroatoms. The third-order valence-corrected chi connectivity index (χ3v) is 7.22. The Balaban J connectivity index is 1.59. The van der Waals surface area contributed by atoms with Crippen molar-refractivity contribution < 1.29 is 22.4 Å². The van der Waals surface area contributed by atoms with Crippen LogP contribution in [-0.2, 0) is 19.6 Å². The van der Waals surface area contributed by atoms with E-state index in [0.717, 1.165) is 18.6 Å². The molecule has 32 heavy (non-hydrogen) atoms. The average Bonchev–Trinajstić information content (AvgIpc) is 2.80. The van der Waals surface area contributed by atoms with Crippen molar-refractivity contribution in [3.63, 3.8) is 0 Å². The van der Waals surface area contributed by atoms with Crippen molar-refractivity contribution in [1.82, 2.24) is 9.62 Å². The molecule has 1 atom stereocenters. The van der Waals surface area contributed by atoms with Crippen molar-refractivity contribution in [3.8, 4) is 6.07 Å². The van der Waals surface area contributed by atoms with Gasteiger partial charge in [0.05, 0.1) is 16.1 Å². The third-order valence-electron chi connectivity index (χ3n) is 5.26. The van der Waals surface area contributed by atoms with Gasteiger partial charge in [0.1, 0.15) is 11.9 Å². The summed E-state index contributed by atoms with van der Waals surface area (Å²) >= 11 is 0. The molecular formula is C22H23FN4O4S. The Morgan fingerprint density at radius 2 is 1.81 bits per heavy atom. The molecule has 2 N–H and O–H groups in total. The van der Waals surface area contributed by atoms with Crippen LogP contribution >= 0.6 is 0 Å². The molecule has 0 radical (unpaired) electrons. The number of hydrogen-bond donors (Lipinski definition) is 2. The number of nitrogens with zero attached hydrogens (tertiary/aromatic N) is 2. The summed E-state index contributed by atoms with van der Waals surface area (Å²) in [6.45, 7) is 0.440. The summed E-state index contributed by atoms with van der Waals surface area (Å²) in [5.74, 6) is -2.30. The number of carbonyl (C=O) groups is 2. The maximum absolute atomic E-state index is 13.2. The predicted molar refractivity (Wildman–Crippen MR) is 115 cm³/mol. The Hall–Kier alpha value is -3.29. The second kappa shape index (κ2) is 10.3. The summed E-state index contributed by atoms with van der Waals surface area (Å²) < 4.78 is 40.6. The normalized spacial score (nSPS) is 16.7. The van der Waals surface area contributed by atoms with Crippen molar-refractivity contribution in [2.45, 2.75) is 36.6 Å². The van der Waals surface area contributed by atoms with E-state index in [1.807, 2.05) is 6.07 Å². The van der Waals surface area contributed by atoms with Gasteiger partial charge in [0.2, 0.25) is 10.0 Å². The maximum Gasteiger partial charge on any atom is 0.313 e. The molecule has 0 aliphatic carbocycles. The molecule has 1 aliphatic heterocycles. The second-order valence-corrected chi connectivity index (χ2v) is 9.27. The van der Waals surface area contributed by atoms with Gasteiger partial charge in [-0.25, -0.2) is 12.8 Å². The van der Waals surface area contributed by atoms with E-state index in [-0.39, 0.29) is 28.7 Å². The first-order valence-corrected chi connectivity index (χ1v) is 11.6. The number of rotatable bonds is 6. The van der Waals surface area contributed by atoms with E-state index >= 15 is 0 Å². The van der Waals surface area contributed by atoms with Crippen LogP contribution in [0, 0.1) is 17.1 Å². The van der Waals surface area contributed by atoms with E-state index in [1.54, 1.807) is 12.1 Å². The summed E-state index contributed by atoms with van der Waals surface area (Å²) in [5.41, 5.74) is 0.469.